The summed E-state index contributed by atoms with van der Waals surface area (Å²) < 4.78 is 17.7. The standard InChI is InChI=1S/C26H36O7/c1-13-17-8-9-18-25(7)19(24(5,6)11-10-20(25)31-14(2)27)12-21(32-15(3)28)26(18,22(13)30)23(17)33-16(4)29/h17-21,23H,1,8-12H2,2-7H3/t17-,18-,19+,20+,21+,23+,25-,26-/m0/s1. The van der Waals surface area contributed by atoms with Gasteiger partial charge >= 0.3 is 17.9 Å². The number of fused-ring (bicyclic) bond motifs is 3. The van der Waals surface area contributed by atoms with Crippen LogP contribution in [0.4, 0.5) is 0 Å². The van der Waals surface area contributed by atoms with E-state index in [1.165, 1.54) is 20.8 Å². The topological polar surface area (TPSA) is 96.0 Å². The summed E-state index contributed by atoms with van der Waals surface area (Å²) in [6, 6.07) is 0. The first-order valence-electron chi connectivity index (χ1n) is 12.0. The van der Waals surface area contributed by atoms with Crippen LogP contribution in [0.15, 0.2) is 12.2 Å². The fraction of sp³-hybridized carbons (Fsp3) is 0.769. The van der Waals surface area contributed by atoms with Crippen LogP contribution in [0.5, 0.6) is 0 Å². The summed E-state index contributed by atoms with van der Waals surface area (Å²) in [5.41, 5.74) is -1.43. The molecule has 0 aromatic carbocycles. The largest absolute Gasteiger partial charge is 0.462 e. The predicted octanol–water partition coefficient (Wildman–Crippen LogP) is 3.78. The van der Waals surface area contributed by atoms with Gasteiger partial charge in [-0.25, -0.2) is 0 Å². The number of hydrogen-bond acceptors (Lipinski definition) is 7. The molecule has 4 fully saturated rings. The zero-order valence-corrected chi connectivity index (χ0v) is 20.6. The van der Waals surface area contributed by atoms with E-state index in [0.717, 1.165) is 6.42 Å². The molecular formula is C26H36O7. The van der Waals surface area contributed by atoms with Crippen LogP contribution < -0.4 is 0 Å². The van der Waals surface area contributed by atoms with Crippen LogP contribution >= 0.6 is 0 Å². The number of ether oxygens (including phenoxy) is 3. The highest BCUT2D eigenvalue weighted by molar-refractivity contribution is 6.05. The lowest BCUT2D eigenvalue weighted by atomic mass is 9.39. The zero-order chi connectivity index (χ0) is 24.5. The van der Waals surface area contributed by atoms with Crippen molar-refractivity contribution in [3.05, 3.63) is 12.2 Å². The van der Waals surface area contributed by atoms with Crippen LogP contribution in [0.25, 0.3) is 0 Å². The minimum Gasteiger partial charge on any atom is -0.462 e. The molecule has 0 aromatic rings. The number of carbonyl (C=O) groups is 4. The van der Waals surface area contributed by atoms with E-state index >= 15 is 0 Å². The van der Waals surface area contributed by atoms with Crippen molar-refractivity contribution in [2.45, 2.75) is 92.0 Å². The van der Waals surface area contributed by atoms with Gasteiger partial charge < -0.3 is 14.2 Å². The molecule has 4 saturated carbocycles. The Morgan fingerprint density at radius 1 is 0.848 bits per heavy atom. The third-order valence-electron chi connectivity index (χ3n) is 9.39. The van der Waals surface area contributed by atoms with E-state index in [1.54, 1.807) is 0 Å². The van der Waals surface area contributed by atoms with Gasteiger partial charge in [0.15, 0.2) is 5.78 Å². The molecule has 1 spiro atoms. The molecule has 4 aliphatic rings. The van der Waals surface area contributed by atoms with E-state index < -0.39 is 35.0 Å². The molecule has 0 heterocycles. The van der Waals surface area contributed by atoms with Gasteiger partial charge in [-0.2, -0.15) is 0 Å². The second-order valence-corrected chi connectivity index (χ2v) is 11.4. The quantitative estimate of drug-likeness (QED) is 0.359. The van der Waals surface area contributed by atoms with Crippen LogP contribution in [0, 0.1) is 34.0 Å². The second-order valence-electron chi connectivity index (χ2n) is 11.4. The molecule has 8 atom stereocenters. The van der Waals surface area contributed by atoms with Gasteiger partial charge in [0, 0.05) is 32.1 Å². The SMILES string of the molecule is C=C1C(=O)[C@]23[C@H](OC(C)=O)[C@H]1CC[C@H]2[C@@]1(C)[C@H](C[C@H]3OC(C)=O)C(C)(C)CC[C@H]1OC(C)=O. The number of rotatable bonds is 3. The summed E-state index contributed by atoms with van der Waals surface area (Å²) in [5, 5.41) is 0. The van der Waals surface area contributed by atoms with Crippen molar-refractivity contribution in [2.75, 3.05) is 0 Å². The van der Waals surface area contributed by atoms with Gasteiger partial charge in [-0.3, -0.25) is 19.2 Å². The Balaban J connectivity index is 1.95. The molecule has 182 valence electrons. The Kier molecular flexibility index (Phi) is 5.57. The normalized spacial score (nSPS) is 43.2. The van der Waals surface area contributed by atoms with E-state index in [4.69, 9.17) is 14.2 Å². The first-order valence-corrected chi connectivity index (χ1v) is 12.0. The molecule has 0 aliphatic heterocycles. The van der Waals surface area contributed by atoms with Crippen molar-refractivity contribution < 1.29 is 33.4 Å². The molecular weight excluding hydrogens is 424 g/mol. The number of Topliss-reactive ketones (excluding diaryl/α,β-unsaturated/α-hetero) is 1. The van der Waals surface area contributed by atoms with Crippen LogP contribution in [-0.2, 0) is 33.4 Å². The fourth-order valence-electron chi connectivity index (χ4n) is 8.33. The Morgan fingerprint density at radius 2 is 1.42 bits per heavy atom. The summed E-state index contributed by atoms with van der Waals surface area (Å²) in [7, 11) is 0. The van der Waals surface area contributed by atoms with Gasteiger partial charge in [0.1, 0.15) is 23.7 Å². The minimum atomic E-state index is -1.21. The highest BCUT2D eigenvalue weighted by Crippen LogP contribution is 2.72. The molecule has 0 unspecified atom stereocenters. The van der Waals surface area contributed by atoms with Crippen LogP contribution in [0.3, 0.4) is 0 Å². The van der Waals surface area contributed by atoms with Gasteiger partial charge in [-0.15, -0.1) is 0 Å². The average Bonchev–Trinajstić information content (AvgIpc) is 2.80. The lowest BCUT2D eigenvalue weighted by Crippen LogP contribution is -2.71. The maximum absolute atomic E-state index is 14.0. The Labute approximate surface area is 195 Å². The van der Waals surface area contributed by atoms with Crippen molar-refractivity contribution in [3.63, 3.8) is 0 Å². The Bertz CT molecular complexity index is 920. The molecule has 0 N–H and O–H groups in total. The number of esters is 3. The third-order valence-corrected chi connectivity index (χ3v) is 9.39. The maximum atomic E-state index is 14.0. The molecule has 33 heavy (non-hydrogen) atoms. The van der Waals surface area contributed by atoms with E-state index in [2.05, 4.69) is 27.4 Å². The lowest BCUT2D eigenvalue weighted by Gasteiger charge is -2.67. The Morgan fingerprint density at radius 3 is 2.00 bits per heavy atom. The van der Waals surface area contributed by atoms with Gasteiger partial charge in [-0.1, -0.05) is 27.4 Å². The second kappa shape index (κ2) is 7.67. The molecule has 0 radical (unpaired) electrons. The number of carbonyl (C=O) groups excluding carboxylic acids is 4. The van der Waals surface area contributed by atoms with Crippen molar-refractivity contribution in [2.24, 2.45) is 34.0 Å². The van der Waals surface area contributed by atoms with Gasteiger partial charge in [0.05, 0.1) is 0 Å². The van der Waals surface area contributed by atoms with Gasteiger partial charge in [-0.05, 0) is 54.9 Å². The predicted molar refractivity (Wildman–Crippen MR) is 119 cm³/mol. The highest BCUT2D eigenvalue weighted by Gasteiger charge is 2.77. The molecule has 4 rings (SSSR count). The molecule has 2 bridgehead atoms. The third kappa shape index (κ3) is 3.21. The monoisotopic (exact) mass is 460 g/mol. The van der Waals surface area contributed by atoms with Crippen LogP contribution in [-0.4, -0.2) is 42.0 Å². The van der Waals surface area contributed by atoms with Crippen molar-refractivity contribution in [1.29, 1.82) is 0 Å². The van der Waals surface area contributed by atoms with E-state index in [9.17, 15) is 19.2 Å². The summed E-state index contributed by atoms with van der Waals surface area (Å²) in [6.07, 6.45) is 1.50. The first kappa shape index (κ1) is 24.0. The van der Waals surface area contributed by atoms with Gasteiger partial charge in [0.2, 0.25) is 0 Å². The van der Waals surface area contributed by atoms with E-state index in [0.29, 0.717) is 31.3 Å². The van der Waals surface area contributed by atoms with E-state index in [1.807, 2.05) is 0 Å². The summed E-state index contributed by atoms with van der Waals surface area (Å²) in [6.45, 7) is 14.7. The molecule has 7 nitrogen and oxygen atoms in total. The molecule has 4 aliphatic carbocycles. The number of hydrogen-bond donors (Lipinski definition) is 0. The highest BCUT2D eigenvalue weighted by atomic mass is 16.6. The average molecular weight is 461 g/mol. The fourth-order valence-corrected chi connectivity index (χ4v) is 8.33. The Hall–Kier alpha value is -2.18. The maximum Gasteiger partial charge on any atom is 0.302 e. The van der Waals surface area contributed by atoms with Crippen molar-refractivity contribution in [1.82, 2.24) is 0 Å². The van der Waals surface area contributed by atoms with Gasteiger partial charge in [0.25, 0.3) is 0 Å². The van der Waals surface area contributed by atoms with Crippen molar-refractivity contribution in [3.8, 4) is 0 Å². The molecule has 0 aromatic heterocycles. The van der Waals surface area contributed by atoms with Crippen molar-refractivity contribution >= 4 is 23.7 Å². The zero-order valence-electron chi connectivity index (χ0n) is 20.6. The summed E-state index contributed by atoms with van der Waals surface area (Å²) in [4.78, 5) is 50.6. The lowest BCUT2D eigenvalue weighted by molar-refractivity contribution is -0.262. The molecule has 0 amide bonds. The van der Waals surface area contributed by atoms with Crippen LogP contribution in [0.1, 0.15) is 73.6 Å². The summed E-state index contributed by atoms with van der Waals surface area (Å²) in [5.74, 6) is -1.98. The summed E-state index contributed by atoms with van der Waals surface area (Å²) >= 11 is 0. The molecule has 0 saturated heterocycles. The minimum absolute atomic E-state index is 0.0410. The van der Waals surface area contributed by atoms with Crippen LogP contribution in [0.2, 0.25) is 0 Å². The van der Waals surface area contributed by atoms with E-state index in [-0.39, 0.29) is 41.0 Å². The smallest absolute Gasteiger partial charge is 0.302 e. The number of ketones is 1. The molecule has 7 heteroatoms. The first-order chi connectivity index (χ1) is 15.3.